The van der Waals surface area contributed by atoms with Crippen LogP contribution in [-0.2, 0) is 0 Å². The van der Waals surface area contributed by atoms with Gasteiger partial charge < -0.3 is 14.6 Å². The molecule has 0 amide bonds. The van der Waals surface area contributed by atoms with E-state index in [2.05, 4.69) is 9.98 Å². The first kappa shape index (κ1) is 13.2. The zero-order valence-corrected chi connectivity index (χ0v) is 11.8. The summed E-state index contributed by atoms with van der Waals surface area (Å²) in [6.45, 7) is 1.96. The predicted octanol–water partition coefficient (Wildman–Crippen LogP) is 2.80. The van der Waals surface area contributed by atoms with Gasteiger partial charge in [-0.15, -0.1) is 0 Å². The minimum absolute atomic E-state index is 0.0411. The van der Waals surface area contributed by atoms with Gasteiger partial charge in [0.15, 0.2) is 5.43 Å². The van der Waals surface area contributed by atoms with Crippen molar-refractivity contribution < 1.29 is 4.74 Å². The van der Waals surface area contributed by atoms with Gasteiger partial charge in [-0.25, -0.2) is 0 Å². The van der Waals surface area contributed by atoms with Crippen LogP contribution in [0.15, 0.2) is 58.4 Å². The van der Waals surface area contributed by atoms with E-state index in [4.69, 9.17) is 4.74 Å². The number of nitrogens with zero attached hydrogens (tertiary/aromatic N) is 2. The van der Waals surface area contributed by atoms with Crippen molar-refractivity contribution >= 4 is 22.8 Å². The van der Waals surface area contributed by atoms with Crippen LogP contribution in [0.2, 0.25) is 0 Å². The molecule has 0 radical (unpaired) electrons. The van der Waals surface area contributed by atoms with E-state index >= 15 is 0 Å². The minimum atomic E-state index is -0.0411. The fraction of sp³-hybridized carbons (Fsp3) is 0.125. The highest BCUT2D eigenvalue weighted by atomic mass is 16.5. The molecule has 5 heteroatoms. The van der Waals surface area contributed by atoms with Gasteiger partial charge in [-0.1, -0.05) is 0 Å². The Balaban J connectivity index is 2.31. The standard InChI is InChI=1S/C16H15N3O2/c1-11-10-17-5-3-7-19(11)14-9-12(21-2)8-13-15(20)4-6-18-16(13)14/h3-10H,1-2H3,(H,18,20). The van der Waals surface area contributed by atoms with Crippen molar-refractivity contribution in [3.63, 3.8) is 0 Å². The number of hydrogen-bond donors (Lipinski definition) is 1. The molecule has 1 aliphatic heterocycles. The van der Waals surface area contributed by atoms with Crippen LogP contribution in [-0.4, -0.2) is 18.3 Å². The molecule has 0 bridgehead atoms. The fourth-order valence-electron chi connectivity index (χ4n) is 2.32. The summed E-state index contributed by atoms with van der Waals surface area (Å²) < 4.78 is 5.32. The quantitative estimate of drug-likeness (QED) is 0.920. The molecule has 1 N–H and O–H groups in total. The van der Waals surface area contributed by atoms with E-state index in [9.17, 15) is 4.79 Å². The van der Waals surface area contributed by atoms with Crippen LogP contribution in [0.1, 0.15) is 6.92 Å². The number of methoxy groups -OCH3 is 1. The Bertz CT molecular complexity index is 831. The van der Waals surface area contributed by atoms with Crippen molar-refractivity contribution in [3.05, 3.63) is 58.8 Å². The number of H-pyrrole nitrogens is 1. The second-order valence-electron chi connectivity index (χ2n) is 4.69. The van der Waals surface area contributed by atoms with Crippen molar-refractivity contribution in [2.75, 3.05) is 12.0 Å². The lowest BCUT2D eigenvalue weighted by Gasteiger charge is -2.22. The Morgan fingerprint density at radius 2 is 2.19 bits per heavy atom. The maximum atomic E-state index is 12.1. The summed E-state index contributed by atoms with van der Waals surface area (Å²) in [7, 11) is 1.59. The number of aliphatic imine (C=N–C) groups is 1. The molecule has 2 aromatic rings. The number of rotatable bonds is 2. The van der Waals surface area contributed by atoms with Crippen LogP contribution in [0.25, 0.3) is 10.9 Å². The largest absolute Gasteiger partial charge is 0.497 e. The number of aromatic amines is 1. The lowest BCUT2D eigenvalue weighted by atomic mass is 10.1. The molecule has 1 aromatic heterocycles. The maximum absolute atomic E-state index is 12.1. The van der Waals surface area contributed by atoms with Crippen molar-refractivity contribution in [3.8, 4) is 5.75 Å². The number of anilines is 1. The highest BCUT2D eigenvalue weighted by Gasteiger charge is 2.14. The maximum Gasteiger partial charge on any atom is 0.189 e. The molecule has 2 heterocycles. The van der Waals surface area contributed by atoms with E-state index in [1.807, 2.05) is 30.2 Å². The molecule has 0 saturated carbocycles. The Hall–Kier alpha value is -2.82. The van der Waals surface area contributed by atoms with E-state index in [-0.39, 0.29) is 5.43 Å². The highest BCUT2D eigenvalue weighted by Crippen LogP contribution is 2.31. The van der Waals surface area contributed by atoms with Gasteiger partial charge in [0.25, 0.3) is 0 Å². The van der Waals surface area contributed by atoms with E-state index < -0.39 is 0 Å². The average Bonchev–Trinajstić information content (AvgIpc) is 2.71. The SMILES string of the molecule is COc1cc(N2C=CC=NC=C2C)c2[nH]ccc(=O)c2c1. The first-order valence-electron chi connectivity index (χ1n) is 6.56. The van der Waals surface area contributed by atoms with Crippen molar-refractivity contribution in [2.45, 2.75) is 6.92 Å². The number of aromatic nitrogens is 1. The lowest BCUT2D eigenvalue weighted by Crippen LogP contribution is -2.14. The van der Waals surface area contributed by atoms with Gasteiger partial charge in [-0.2, -0.15) is 0 Å². The molecular formula is C16H15N3O2. The molecule has 0 fully saturated rings. The van der Waals surface area contributed by atoms with Crippen LogP contribution in [0.4, 0.5) is 5.69 Å². The fourth-order valence-corrected chi connectivity index (χ4v) is 2.32. The third-order valence-corrected chi connectivity index (χ3v) is 3.36. The number of nitrogens with one attached hydrogen (secondary N) is 1. The number of allylic oxidation sites excluding steroid dienone is 2. The molecule has 0 saturated heterocycles. The lowest BCUT2D eigenvalue weighted by molar-refractivity contribution is 0.415. The van der Waals surface area contributed by atoms with Crippen molar-refractivity contribution in [1.82, 2.24) is 4.98 Å². The predicted molar refractivity (Wildman–Crippen MR) is 85.0 cm³/mol. The molecule has 106 valence electrons. The van der Waals surface area contributed by atoms with E-state index in [1.165, 1.54) is 6.07 Å². The smallest absolute Gasteiger partial charge is 0.189 e. The highest BCUT2D eigenvalue weighted by molar-refractivity contribution is 5.94. The third kappa shape index (κ3) is 2.33. The van der Waals surface area contributed by atoms with Crippen molar-refractivity contribution in [1.29, 1.82) is 0 Å². The van der Waals surface area contributed by atoms with E-state index in [0.29, 0.717) is 11.1 Å². The molecular weight excluding hydrogens is 266 g/mol. The monoisotopic (exact) mass is 281 g/mol. The Labute approximate surface area is 121 Å². The number of fused-ring (bicyclic) bond motifs is 1. The summed E-state index contributed by atoms with van der Waals surface area (Å²) >= 11 is 0. The summed E-state index contributed by atoms with van der Waals surface area (Å²) in [4.78, 5) is 21.3. The van der Waals surface area contributed by atoms with Crippen LogP contribution in [0, 0.1) is 0 Å². The molecule has 3 rings (SSSR count). The average molecular weight is 281 g/mol. The summed E-state index contributed by atoms with van der Waals surface area (Å²) in [5.74, 6) is 0.639. The molecule has 1 aliphatic rings. The second-order valence-corrected chi connectivity index (χ2v) is 4.69. The van der Waals surface area contributed by atoms with Crippen LogP contribution in [0.3, 0.4) is 0 Å². The first-order valence-corrected chi connectivity index (χ1v) is 6.56. The van der Waals surface area contributed by atoms with Crippen LogP contribution < -0.4 is 15.1 Å². The Morgan fingerprint density at radius 3 is 3.00 bits per heavy atom. The molecule has 5 nitrogen and oxygen atoms in total. The summed E-state index contributed by atoms with van der Waals surface area (Å²) in [6, 6.07) is 5.15. The van der Waals surface area contributed by atoms with Gasteiger partial charge in [-0.05, 0) is 19.1 Å². The van der Waals surface area contributed by atoms with Crippen LogP contribution in [0.5, 0.6) is 5.75 Å². The van der Waals surface area contributed by atoms with Crippen LogP contribution >= 0.6 is 0 Å². The zero-order valence-electron chi connectivity index (χ0n) is 11.8. The third-order valence-electron chi connectivity index (χ3n) is 3.36. The number of ether oxygens (including phenoxy) is 1. The van der Waals surface area contributed by atoms with Gasteiger partial charge in [0.1, 0.15) is 5.75 Å². The van der Waals surface area contributed by atoms with Gasteiger partial charge >= 0.3 is 0 Å². The minimum Gasteiger partial charge on any atom is -0.497 e. The molecule has 0 spiro atoms. The number of benzene rings is 1. The van der Waals surface area contributed by atoms with E-state index in [1.54, 1.807) is 31.8 Å². The van der Waals surface area contributed by atoms with Crippen molar-refractivity contribution in [2.24, 2.45) is 4.99 Å². The van der Waals surface area contributed by atoms with E-state index in [0.717, 1.165) is 16.9 Å². The summed E-state index contributed by atoms with van der Waals surface area (Å²) in [5, 5.41) is 0.596. The molecule has 1 aromatic carbocycles. The van der Waals surface area contributed by atoms with Gasteiger partial charge in [0.2, 0.25) is 0 Å². The number of hydrogen-bond acceptors (Lipinski definition) is 4. The van der Waals surface area contributed by atoms with Gasteiger partial charge in [0.05, 0.1) is 23.7 Å². The Kier molecular flexibility index (Phi) is 3.31. The van der Waals surface area contributed by atoms with Gasteiger partial charge in [0, 0.05) is 42.6 Å². The molecule has 0 aliphatic carbocycles. The summed E-state index contributed by atoms with van der Waals surface area (Å²) in [5.41, 5.74) is 2.51. The molecule has 0 atom stereocenters. The molecule has 0 unspecified atom stereocenters. The summed E-state index contributed by atoms with van der Waals surface area (Å²) in [6.07, 6.45) is 8.89. The Morgan fingerprint density at radius 1 is 1.33 bits per heavy atom. The molecule has 21 heavy (non-hydrogen) atoms. The second kappa shape index (κ2) is 5.28. The number of pyridine rings is 1. The van der Waals surface area contributed by atoms with Gasteiger partial charge in [-0.3, -0.25) is 9.79 Å². The normalized spacial score (nSPS) is 14.2. The first-order chi connectivity index (χ1) is 10.2. The topological polar surface area (TPSA) is 57.7 Å². The zero-order chi connectivity index (χ0) is 14.8.